The van der Waals surface area contributed by atoms with Gasteiger partial charge in [0.1, 0.15) is 17.4 Å². The average Bonchev–Trinajstić information content (AvgIpc) is 3.13. The fourth-order valence-electron chi connectivity index (χ4n) is 2.58. The smallest absolute Gasteiger partial charge is 0.279 e. The highest BCUT2D eigenvalue weighted by Crippen LogP contribution is 2.21. The Kier molecular flexibility index (Phi) is 4.35. The van der Waals surface area contributed by atoms with Gasteiger partial charge in [-0.2, -0.15) is 9.78 Å². The van der Waals surface area contributed by atoms with Crippen molar-refractivity contribution in [3.8, 4) is 5.82 Å². The molecule has 3 rings (SSSR count). The molecule has 0 aliphatic heterocycles. The van der Waals surface area contributed by atoms with E-state index in [1.165, 1.54) is 6.39 Å². The maximum atomic E-state index is 12.6. The molecule has 0 saturated heterocycles. The molecule has 0 atom stereocenters. The number of carbonyl (C=O) groups excluding carboxylic acids is 1. The predicted octanol–water partition coefficient (Wildman–Crippen LogP) is 2.95. The van der Waals surface area contributed by atoms with Gasteiger partial charge in [0.25, 0.3) is 5.91 Å². The van der Waals surface area contributed by atoms with Gasteiger partial charge < -0.3 is 9.73 Å². The molecule has 0 aliphatic carbocycles. The maximum Gasteiger partial charge on any atom is 0.279 e. The molecule has 3 heterocycles. The Labute approximate surface area is 145 Å². The van der Waals surface area contributed by atoms with Crippen LogP contribution < -0.4 is 5.32 Å². The molecule has 0 aromatic carbocycles. The van der Waals surface area contributed by atoms with Crippen LogP contribution in [0.4, 0.5) is 5.82 Å². The van der Waals surface area contributed by atoms with Crippen LogP contribution in [0.1, 0.15) is 53.2 Å². The Morgan fingerprint density at radius 1 is 1.16 bits per heavy atom. The zero-order valence-corrected chi connectivity index (χ0v) is 14.9. The third-order valence-electron chi connectivity index (χ3n) is 3.58. The van der Waals surface area contributed by atoms with Crippen LogP contribution in [0.15, 0.2) is 22.9 Å². The summed E-state index contributed by atoms with van der Waals surface area (Å²) in [4.78, 5) is 25.3. The second-order valence-corrected chi connectivity index (χ2v) is 6.17. The lowest BCUT2D eigenvalue weighted by Gasteiger charge is -2.09. The molecule has 0 bridgehead atoms. The van der Waals surface area contributed by atoms with Crippen LogP contribution in [0, 0.1) is 20.8 Å². The number of hydrogen-bond acceptors (Lipinski definition) is 6. The second kappa shape index (κ2) is 6.46. The topological polar surface area (TPSA) is 98.7 Å². The van der Waals surface area contributed by atoms with E-state index in [-0.39, 0.29) is 17.5 Å². The predicted molar refractivity (Wildman–Crippen MR) is 91.9 cm³/mol. The summed E-state index contributed by atoms with van der Waals surface area (Å²) in [7, 11) is 0. The van der Waals surface area contributed by atoms with Crippen molar-refractivity contribution in [3.63, 3.8) is 0 Å². The van der Waals surface area contributed by atoms with Crippen LogP contribution in [-0.2, 0) is 0 Å². The Hall–Kier alpha value is -3.03. The van der Waals surface area contributed by atoms with Gasteiger partial charge in [-0.1, -0.05) is 13.8 Å². The van der Waals surface area contributed by atoms with Gasteiger partial charge in [0.05, 0.1) is 5.69 Å². The minimum atomic E-state index is -0.346. The van der Waals surface area contributed by atoms with Gasteiger partial charge in [-0.05, 0) is 20.8 Å². The number of anilines is 1. The Balaban J connectivity index is 1.96. The summed E-state index contributed by atoms with van der Waals surface area (Å²) in [6.07, 6.45) is 1.28. The standard InChI is InChI=1S/C17H20N6O2/c1-9(2)16-15(18-8-25-16)17(24)21-14-7-11(4)22-23(14)13-6-10(3)19-12(5)20-13/h6-9H,1-5H3,(H,21,24). The molecule has 0 unspecified atom stereocenters. The molecule has 8 nitrogen and oxygen atoms in total. The number of rotatable bonds is 4. The van der Waals surface area contributed by atoms with Gasteiger partial charge in [0, 0.05) is 23.7 Å². The molecule has 0 saturated carbocycles. The number of oxazole rings is 1. The van der Waals surface area contributed by atoms with Crippen molar-refractivity contribution in [3.05, 3.63) is 47.2 Å². The molecular weight excluding hydrogens is 320 g/mol. The number of nitrogens with one attached hydrogen (secondary N) is 1. The van der Waals surface area contributed by atoms with E-state index in [0.717, 1.165) is 11.4 Å². The first-order valence-electron chi connectivity index (χ1n) is 7.99. The van der Waals surface area contributed by atoms with Gasteiger partial charge in [-0.15, -0.1) is 0 Å². The summed E-state index contributed by atoms with van der Waals surface area (Å²) in [5.74, 6) is 2.01. The Morgan fingerprint density at radius 3 is 2.60 bits per heavy atom. The highest BCUT2D eigenvalue weighted by molar-refractivity contribution is 6.03. The first-order chi connectivity index (χ1) is 11.8. The first-order valence-corrected chi connectivity index (χ1v) is 7.99. The normalized spacial score (nSPS) is 11.1. The van der Waals surface area contributed by atoms with E-state index in [9.17, 15) is 4.79 Å². The van der Waals surface area contributed by atoms with Crippen molar-refractivity contribution in [2.24, 2.45) is 0 Å². The summed E-state index contributed by atoms with van der Waals surface area (Å²) in [6.45, 7) is 9.44. The van der Waals surface area contributed by atoms with Gasteiger partial charge in [-0.3, -0.25) is 4.79 Å². The van der Waals surface area contributed by atoms with Gasteiger partial charge in [0.2, 0.25) is 0 Å². The van der Waals surface area contributed by atoms with Gasteiger partial charge in [-0.25, -0.2) is 15.0 Å². The zero-order valence-electron chi connectivity index (χ0n) is 14.9. The van der Waals surface area contributed by atoms with E-state index < -0.39 is 0 Å². The molecule has 3 aromatic rings. The summed E-state index contributed by atoms with van der Waals surface area (Å²) in [5.41, 5.74) is 1.86. The molecule has 25 heavy (non-hydrogen) atoms. The fourth-order valence-corrected chi connectivity index (χ4v) is 2.58. The van der Waals surface area contributed by atoms with Crippen molar-refractivity contribution in [2.45, 2.75) is 40.5 Å². The summed E-state index contributed by atoms with van der Waals surface area (Å²) in [6, 6.07) is 3.59. The molecule has 130 valence electrons. The van der Waals surface area contributed by atoms with Crippen LogP contribution in [0.5, 0.6) is 0 Å². The van der Waals surface area contributed by atoms with E-state index in [0.29, 0.717) is 23.2 Å². The van der Waals surface area contributed by atoms with Crippen LogP contribution in [0.2, 0.25) is 0 Å². The molecule has 0 aliphatic rings. The largest absolute Gasteiger partial charge is 0.447 e. The SMILES string of the molecule is Cc1cc(-n2nc(C)cc2NC(=O)c2ncoc2C(C)C)nc(C)n1. The zero-order chi connectivity index (χ0) is 18.1. The van der Waals surface area contributed by atoms with E-state index in [1.54, 1.807) is 10.7 Å². The molecule has 0 spiro atoms. The van der Waals surface area contributed by atoms with Gasteiger partial charge in [0.15, 0.2) is 17.9 Å². The number of carbonyl (C=O) groups is 1. The van der Waals surface area contributed by atoms with Crippen LogP contribution in [0.25, 0.3) is 5.82 Å². The third-order valence-corrected chi connectivity index (χ3v) is 3.58. The molecule has 8 heteroatoms. The summed E-state index contributed by atoms with van der Waals surface area (Å²) >= 11 is 0. The lowest BCUT2D eigenvalue weighted by atomic mass is 10.1. The Bertz CT molecular complexity index is 905. The third kappa shape index (κ3) is 3.42. The van der Waals surface area contributed by atoms with Crippen LogP contribution in [0.3, 0.4) is 0 Å². The van der Waals surface area contributed by atoms with Gasteiger partial charge >= 0.3 is 0 Å². The highest BCUT2D eigenvalue weighted by Gasteiger charge is 2.21. The minimum absolute atomic E-state index is 0.0575. The number of aryl methyl sites for hydroxylation is 3. The highest BCUT2D eigenvalue weighted by atomic mass is 16.3. The minimum Gasteiger partial charge on any atom is -0.447 e. The van der Waals surface area contributed by atoms with Crippen molar-refractivity contribution < 1.29 is 9.21 Å². The summed E-state index contributed by atoms with van der Waals surface area (Å²) in [5, 5.41) is 7.27. The van der Waals surface area contributed by atoms with Crippen molar-refractivity contribution in [1.29, 1.82) is 0 Å². The number of amides is 1. The lowest BCUT2D eigenvalue weighted by Crippen LogP contribution is -2.18. The van der Waals surface area contributed by atoms with Crippen molar-refractivity contribution in [1.82, 2.24) is 24.7 Å². The van der Waals surface area contributed by atoms with Crippen molar-refractivity contribution >= 4 is 11.7 Å². The van der Waals surface area contributed by atoms with Crippen LogP contribution in [-0.4, -0.2) is 30.6 Å². The summed E-state index contributed by atoms with van der Waals surface area (Å²) < 4.78 is 6.91. The average molecular weight is 340 g/mol. The molecule has 1 N–H and O–H groups in total. The quantitative estimate of drug-likeness (QED) is 0.784. The lowest BCUT2D eigenvalue weighted by molar-refractivity contribution is 0.102. The fraction of sp³-hybridized carbons (Fsp3) is 0.353. The second-order valence-electron chi connectivity index (χ2n) is 6.17. The number of hydrogen-bond donors (Lipinski definition) is 1. The number of nitrogens with zero attached hydrogens (tertiary/aromatic N) is 5. The van der Waals surface area contributed by atoms with E-state index in [1.807, 2.05) is 40.7 Å². The first kappa shape index (κ1) is 16.8. The Morgan fingerprint density at radius 2 is 1.92 bits per heavy atom. The van der Waals surface area contributed by atoms with Crippen LogP contribution >= 0.6 is 0 Å². The van der Waals surface area contributed by atoms with E-state index in [4.69, 9.17) is 4.42 Å². The van der Waals surface area contributed by atoms with E-state index >= 15 is 0 Å². The number of aromatic nitrogens is 5. The molecule has 1 amide bonds. The molecular formula is C17H20N6O2. The molecule has 0 radical (unpaired) electrons. The van der Waals surface area contributed by atoms with E-state index in [2.05, 4.69) is 25.4 Å². The molecule has 3 aromatic heterocycles. The maximum absolute atomic E-state index is 12.6. The monoisotopic (exact) mass is 340 g/mol. The van der Waals surface area contributed by atoms with Crippen molar-refractivity contribution in [2.75, 3.05) is 5.32 Å². The molecule has 0 fully saturated rings.